The molecule has 7 heteroatoms. The van der Waals surface area contributed by atoms with Gasteiger partial charge in [0, 0.05) is 31.9 Å². The van der Waals surface area contributed by atoms with Gasteiger partial charge >= 0.3 is 0 Å². The second-order valence-electron chi connectivity index (χ2n) is 4.33. The number of nitrogens with zero attached hydrogens (tertiary/aromatic N) is 3. The average molecular weight is 275 g/mol. The standard InChI is InChI=1S/C13H17N5O2/c1-9(19)15-12-5-4-10(6-13(12)20-3)14-7-11-8-18(2)17-16-11/h4-6,8,14H,7H2,1-3H3,(H,15,19). The van der Waals surface area contributed by atoms with Gasteiger partial charge in [-0.25, -0.2) is 0 Å². The number of rotatable bonds is 5. The molecule has 0 spiro atoms. The van der Waals surface area contributed by atoms with Gasteiger partial charge < -0.3 is 15.4 Å². The minimum Gasteiger partial charge on any atom is -0.494 e. The van der Waals surface area contributed by atoms with Crippen molar-refractivity contribution in [2.24, 2.45) is 7.05 Å². The Hall–Kier alpha value is -2.57. The maximum Gasteiger partial charge on any atom is 0.221 e. The lowest BCUT2D eigenvalue weighted by Crippen LogP contribution is -2.07. The molecule has 2 N–H and O–H groups in total. The Morgan fingerprint density at radius 2 is 2.25 bits per heavy atom. The highest BCUT2D eigenvalue weighted by Gasteiger charge is 2.06. The number of nitrogens with one attached hydrogen (secondary N) is 2. The number of hydrogen-bond acceptors (Lipinski definition) is 5. The van der Waals surface area contributed by atoms with Crippen molar-refractivity contribution < 1.29 is 9.53 Å². The van der Waals surface area contributed by atoms with Crippen molar-refractivity contribution >= 4 is 17.3 Å². The molecule has 1 aromatic carbocycles. The molecule has 0 unspecified atom stereocenters. The first-order valence-corrected chi connectivity index (χ1v) is 6.13. The predicted octanol–water partition coefficient (Wildman–Crippen LogP) is 1.39. The fourth-order valence-corrected chi connectivity index (χ4v) is 1.76. The minimum atomic E-state index is -0.136. The molecule has 106 valence electrons. The summed E-state index contributed by atoms with van der Waals surface area (Å²) in [6.07, 6.45) is 1.84. The van der Waals surface area contributed by atoms with E-state index in [4.69, 9.17) is 4.74 Å². The molecule has 0 saturated heterocycles. The summed E-state index contributed by atoms with van der Waals surface area (Å²) in [6.45, 7) is 2.02. The van der Waals surface area contributed by atoms with Gasteiger partial charge in [-0.2, -0.15) is 0 Å². The Morgan fingerprint density at radius 1 is 1.45 bits per heavy atom. The van der Waals surface area contributed by atoms with Gasteiger partial charge in [0.15, 0.2) is 0 Å². The van der Waals surface area contributed by atoms with Crippen LogP contribution in [-0.4, -0.2) is 28.0 Å². The summed E-state index contributed by atoms with van der Waals surface area (Å²) in [4.78, 5) is 11.1. The molecule has 0 radical (unpaired) electrons. The number of hydrogen-bond donors (Lipinski definition) is 2. The normalized spacial score (nSPS) is 10.2. The van der Waals surface area contributed by atoms with Crippen LogP contribution in [0.3, 0.4) is 0 Å². The molecule has 0 aliphatic rings. The predicted molar refractivity (Wildman–Crippen MR) is 75.6 cm³/mol. The van der Waals surface area contributed by atoms with Crippen LogP contribution in [0.5, 0.6) is 5.75 Å². The van der Waals surface area contributed by atoms with E-state index >= 15 is 0 Å². The number of aryl methyl sites for hydroxylation is 1. The first kappa shape index (κ1) is 13.9. The lowest BCUT2D eigenvalue weighted by Gasteiger charge is -2.11. The van der Waals surface area contributed by atoms with Gasteiger partial charge in [0.2, 0.25) is 5.91 Å². The van der Waals surface area contributed by atoms with E-state index in [0.717, 1.165) is 11.4 Å². The van der Waals surface area contributed by atoms with E-state index in [1.807, 2.05) is 25.4 Å². The quantitative estimate of drug-likeness (QED) is 0.862. The van der Waals surface area contributed by atoms with Crippen LogP contribution in [0, 0.1) is 0 Å². The Morgan fingerprint density at radius 3 is 2.85 bits per heavy atom. The van der Waals surface area contributed by atoms with Crippen LogP contribution in [0.25, 0.3) is 0 Å². The first-order valence-electron chi connectivity index (χ1n) is 6.13. The molecule has 20 heavy (non-hydrogen) atoms. The van der Waals surface area contributed by atoms with Crippen LogP contribution in [0.15, 0.2) is 24.4 Å². The van der Waals surface area contributed by atoms with Crippen molar-refractivity contribution in [1.29, 1.82) is 0 Å². The van der Waals surface area contributed by atoms with E-state index in [1.165, 1.54) is 6.92 Å². The zero-order valence-electron chi connectivity index (χ0n) is 11.7. The summed E-state index contributed by atoms with van der Waals surface area (Å²) < 4.78 is 6.91. The first-order chi connectivity index (χ1) is 9.58. The smallest absolute Gasteiger partial charge is 0.221 e. The van der Waals surface area contributed by atoms with E-state index in [2.05, 4.69) is 20.9 Å². The third-order valence-corrected chi connectivity index (χ3v) is 2.64. The summed E-state index contributed by atoms with van der Waals surface area (Å²) in [6, 6.07) is 5.48. The number of amides is 1. The fourth-order valence-electron chi connectivity index (χ4n) is 1.76. The molecule has 0 saturated carbocycles. The van der Waals surface area contributed by atoms with E-state index in [9.17, 15) is 4.79 Å². The molecule has 0 bridgehead atoms. The number of ether oxygens (including phenoxy) is 1. The van der Waals surface area contributed by atoms with Crippen LogP contribution >= 0.6 is 0 Å². The van der Waals surface area contributed by atoms with Crippen molar-refractivity contribution in [1.82, 2.24) is 15.0 Å². The van der Waals surface area contributed by atoms with Crippen molar-refractivity contribution in [3.63, 3.8) is 0 Å². The molecule has 0 atom stereocenters. The van der Waals surface area contributed by atoms with Crippen molar-refractivity contribution in [3.8, 4) is 5.75 Å². The molecule has 0 aliphatic carbocycles. The van der Waals surface area contributed by atoms with Crippen LogP contribution in [0.1, 0.15) is 12.6 Å². The second-order valence-corrected chi connectivity index (χ2v) is 4.33. The molecular weight excluding hydrogens is 258 g/mol. The summed E-state index contributed by atoms with van der Waals surface area (Å²) in [7, 11) is 3.38. The molecule has 1 heterocycles. The van der Waals surface area contributed by atoms with E-state index in [1.54, 1.807) is 17.9 Å². The highest BCUT2D eigenvalue weighted by atomic mass is 16.5. The minimum absolute atomic E-state index is 0.136. The fraction of sp³-hybridized carbons (Fsp3) is 0.308. The van der Waals surface area contributed by atoms with E-state index in [-0.39, 0.29) is 5.91 Å². The van der Waals surface area contributed by atoms with Gasteiger partial charge in [-0.1, -0.05) is 5.21 Å². The van der Waals surface area contributed by atoms with Gasteiger partial charge in [-0.05, 0) is 12.1 Å². The van der Waals surface area contributed by atoms with E-state index in [0.29, 0.717) is 18.0 Å². The Bertz CT molecular complexity index is 609. The largest absolute Gasteiger partial charge is 0.494 e. The van der Waals surface area contributed by atoms with Gasteiger partial charge in [0.05, 0.1) is 19.3 Å². The summed E-state index contributed by atoms with van der Waals surface area (Å²) in [5.41, 5.74) is 2.36. The van der Waals surface area contributed by atoms with Gasteiger partial charge in [-0.3, -0.25) is 9.48 Å². The summed E-state index contributed by atoms with van der Waals surface area (Å²) in [5, 5.41) is 13.8. The maximum absolute atomic E-state index is 11.1. The molecule has 2 rings (SSSR count). The third kappa shape index (κ3) is 3.47. The van der Waals surface area contributed by atoms with Gasteiger partial charge in [0.1, 0.15) is 11.4 Å². The Labute approximate surface area is 116 Å². The molecule has 0 fully saturated rings. The van der Waals surface area contributed by atoms with Gasteiger partial charge in [0.25, 0.3) is 0 Å². The summed E-state index contributed by atoms with van der Waals surface area (Å²) >= 11 is 0. The lowest BCUT2D eigenvalue weighted by molar-refractivity contribution is -0.114. The van der Waals surface area contributed by atoms with Crippen molar-refractivity contribution in [2.75, 3.05) is 17.7 Å². The van der Waals surface area contributed by atoms with Crippen LogP contribution in [0.4, 0.5) is 11.4 Å². The topological polar surface area (TPSA) is 81.1 Å². The molecule has 7 nitrogen and oxygen atoms in total. The van der Waals surface area contributed by atoms with Gasteiger partial charge in [-0.15, -0.1) is 5.10 Å². The van der Waals surface area contributed by atoms with Crippen molar-refractivity contribution in [2.45, 2.75) is 13.5 Å². The van der Waals surface area contributed by atoms with Crippen LogP contribution in [0.2, 0.25) is 0 Å². The second kappa shape index (κ2) is 6.05. The third-order valence-electron chi connectivity index (χ3n) is 2.64. The van der Waals surface area contributed by atoms with Crippen LogP contribution in [-0.2, 0) is 18.4 Å². The SMILES string of the molecule is COc1cc(NCc2cn(C)nn2)ccc1NC(C)=O. The number of aromatic nitrogens is 3. The number of methoxy groups -OCH3 is 1. The zero-order valence-corrected chi connectivity index (χ0v) is 11.7. The zero-order chi connectivity index (χ0) is 14.5. The molecule has 1 aromatic heterocycles. The van der Waals surface area contributed by atoms with Crippen LogP contribution < -0.4 is 15.4 Å². The highest BCUT2D eigenvalue weighted by molar-refractivity contribution is 5.90. The number of carbonyl (C=O) groups is 1. The molecule has 0 aliphatic heterocycles. The highest BCUT2D eigenvalue weighted by Crippen LogP contribution is 2.28. The number of benzene rings is 1. The summed E-state index contributed by atoms with van der Waals surface area (Å²) in [5.74, 6) is 0.466. The maximum atomic E-state index is 11.1. The average Bonchev–Trinajstić information content (AvgIpc) is 2.83. The Balaban J connectivity index is 2.07. The number of anilines is 2. The Kier molecular flexibility index (Phi) is 4.19. The molecule has 1 amide bonds. The molecule has 2 aromatic rings. The van der Waals surface area contributed by atoms with E-state index < -0.39 is 0 Å². The monoisotopic (exact) mass is 275 g/mol. The number of carbonyl (C=O) groups excluding carboxylic acids is 1. The molecular formula is C13H17N5O2. The lowest BCUT2D eigenvalue weighted by atomic mass is 10.2. The van der Waals surface area contributed by atoms with Crippen molar-refractivity contribution in [3.05, 3.63) is 30.1 Å².